The van der Waals surface area contributed by atoms with Crippen LogP contribution in [-0.2, 0) is 14.6 Å². The van der Waals surface area contributed by atoms with E-state index in [1.807, 2.05) is 36.1 Å². The molecule has 1 aromatic rings. The Kier molecular flexibility index (Phi) is 5.89. The van der Waals surface area contributed by atoms with Crippen molar-refractivity contribution in [3.8, 4) is 0 Å². The van der Waals surface area contributed by atoms with Gasteiger partial charge in [-0.2, -0.15) is 0 Å². The lowest BCUT2D eigenvalue weighted by Crippen LogP contribution is -2.63. The predicted molar refractivity (Wildman–Crippen MR) is 104 cm³/mol. The quantitative estimate of drug-likeness (QED) is 0.768. The third-order valence-corrected chi connectivity index (χ3v) is 7.19. The highest BCUT2D eigenvalue weighted by Gasteiger charge is 2.42. The van der Waals surface area contributed by atoms with Crippen molar-refractivity contribution in [2.24, 2.45) is 0 Å². The van der Waals surface area contributed by atoms with E-state index < -0.39 is 15.6 Å². The van der Waals surface area contributed by atoms with Gasteiger partial charge in [-0.25, -0.2) is 8.42 Å². The first kappa shape index (κ1) is 19.9. The average molecular weight is 393 g/mol. The first-order chi connectivity index (χ1) is 12.8. The van der Waals surface area contributed by atoms with Crippen LogP contribution in [0, 0.1) is 6.92 Å². The van der Waals surface area contributed by atoms with Crippen molar-refractivity contribution in [2.75, 3.05) is 24.6 Å². The molecule has 3 rings (SSSR count). The van der Waals surface area contributed by atoms with Crippen molar-refractivity contribution in [1.82, 2.24) is 9.80 Å². The molecular formula is C20H28N2O4S. The Bertz CT molecular complexity index is 790. The van der Waals surface area contributed by atoms with E-state index >= 15 is 0 Å². The maximum Gasteiger partial charge on any atom is 0.254 e. The number of hydrogen-bond donors (Lipinski definition) is 0. The number of piperazine rings is 1. The Morgan fingerprint density at radius 3 is 2.22 bits per heavy atom. The van der Waals surface area contributed by atoms with Crippen LogP contribution in [0.4, 0.5) is 0 Å². The van der Waals surface area contributed by atoms with Gasteiger partial charge in [-0.1, -0.05) is 24.6 Å². The van der Waals surface area contributed by atoms with Crippen molar-refractivity contribution in [3.05, 3.63) is 35.4 Å². The fourth-order valence-electron chi connectivity index (χ4n) is 4.15. The minimum atomic E-state index is -3.35. The van der Waals surface area contributed by atoms with Gasteiger partial charge in [-0.15, -0.1) is 0 Å². The van der Waals surface area contributed by atoms with Crippen molar-refractivity contribution < 1.29 is 18.0 Å². The van der Waals surface area contributed by atoms with E-state index in [1.165, 1.54) is 0 Å². The van der Waals surface area contributed by atoms with Gasteiger partial charge in [0.05, 0.1) is 5.75 Å². The molecule has 2 bridgehead atoms. The molecule has 0 aliphatic carbocycles. The topological polar surface area (TPSA) is 74.8 Å². The summed E-state index contributed by atoms with van der Waals surface area (Å²) in [7, 11) is -3.35. The molecule has 27 heavy (non-hydrogen) atoms. The lowest BCUT2D eigenvalue weighted by atomic mass is 9.90. The van der Waals surface area contributed by atoms with Gasteiger partial charge in [-0.05, 0) is 44.7 Å². The van der Waals surface area contributed by atoms with Gasteiger partial charge in [0.15, 0.2) is 9.84 Å². The Morgan fingerprint density at radius 2 is 1.67 bits per heavy atom. The van der Waals surface area contributed by atoms with Crippen LogP contribution < -0.4 is 0 Å². The second kappa shape index (κ2) is 8.00. The number of likely N-dealkylation sites (tertiary alicyclic amines) is 1. The molecule has 2 heterocycles. The molecule has 7 heteroatoms. The Morgan fingerprint density at radius 1 is 1.07 bits per heavy atom. The first-order valence-corrected chi connectivity index (χ1v) is 11.5. The molecule has 2 unspecified atom stereocenters. The number of carbonyl (C=O) groups is 2. The third-order valence-electron chi connectivity index (χ3n) is 5.47. The molecular weight excluding hydrogens is 364 g/mol. The number of nitrogens with zero attached hydrogens (tertiary/aromatic N) is 2. The van der Waals surface area contributed by atoms with Gasteiger partial charge in [0.2, 0.25) is 5.91 Å². The predicted octanol–water partition coefficient (Wildman–Crippen LogP) is 2.03. The number of fused-ring (bicyclic) bond motifs is 2. The molecule has 0 radical (unpaired) electrons. The highest BCUT2D eigenvalue weighted by molar-refractivity contribution is 7.92. The standard InChI is InChI=1S/C20H28N2O4S/c1-3-11-27(25,26)14-19(23)21-12-17-5-4-6-18(13-21)22(17)20(24)16-9-7-15(2)8-10-16/h7-10,17-18H,3-6,11-14H2,1-2H3. The first-order valence-electron chi connectivity index (χ1n) is 9.68. The van der Waals surface area contributed by atoms with E-state index in [0.717, 1.165) is 24.8 Å². The van der Waals surface area contributed by atoms with Crippen LogP contribution in [0.3, 0.4) is 0 Å². The van der Waals surface area contributed by atoms with E-state index in [0.29, 0.717) is 25.1 Å². The zero-order valence-corrected chi connectivity index (χ0v) is 16.9. The largest absolute Gasteiger partial charge is 0.338 e. The summed E-state index contributed by atoms with van der Waals surface area (Å²) in [4.78, 5) is 29.2. The minimum absolute atomic E-state index is 0.00963. The monoisotopic (exact) mass is 392 g/mol. The average Bonchev–Trinajstić information content (AvgIpc) is 2.60. The van der Waals surface area contributed by atoms with Crippen LogP contribution in [0.15, 0.2) is 24.3 Å². The Labute approximate surface area is 161 Å². The second-order valence-corrected chi connectivity index (χ2v) is 9.89. The maximum absolute atomic E-state index is 13.0. The van der Waals surface area contributed by atoms with Crippen molar-refractivity contribution >= 4 is 21.7 Å². The van der Waals surface area contributed by atoms with Crippen molar-refractivity contribution in [2.45, 2.75) is 51.6 Å². The number of rotatable bonds is 5. The summed E-state index contributed by atoms with van der Waals surface area (Å²) in [6.07, 6.45) is 3.24. The van der Waals surface area contributed by atoms with E-state index in [4.69, 9.17) is 0 Å². The molecule has 2 fully saturated rings. The van der Waals surface area contributed by atoms with Crippen LogP contribution >= 0.6 is 0 Å². The van der Waals surface area contributed by atoms with Crippen LogP contribution in [0.5, 0.6) is 0 Å². The van der Waals surface area contributed by atoms with Crippen molar-refractivity contribution in [1.29, 1.82) is 0 Å². The molecule has 6 nitrogen and oxygen atoms in total. The van der Waals surface area contributed by atoms with Gasteiger partial charge in [0.25, 0.3) is 5.91 Å². The zero-order chi connectivity index (χ0) is 19.6. The summed E-state index contributed by atoms with van der Waals surface area (Å²) in [5.41, 5.74) is 1.78. The lowest BCUT2D eigenvalue weighted by molar-refractivity contribution is -0.133. The molecule has 0 aromatic heterocycles. The number of hydrogen-bond acceptors (Lipinski definition) is 4. The molecule has 2 aliphatic heterocycles. The number of carbonyl (C=O) groups excluding carboxylic acids is 2. The number of aryl methyl sites for hydroxylation is 1. The van der Waals surface area contributed by atoms with Crippen LogP contribution in [-0.4, -0.2) is 66.7 Å². The van der Waals surface area contributed by atoms with Gasteiger partial charge in [0.1, 0.15) is 5.75 Å². The Balaban J connectivity index is 1.73. The second-order valence-electron chi connectivity index (χ2n) is 7.71. The van der Waals surface area contributed by atoms with Crippen LogP contribution in [0.1, 0.15) is 48.5 Å². The molecule has 2 aliphatic rings. The smallest absolute Gasteiger partial charge is 0.254 e. The lowest BCUT2D eigenvalue weighted by Gasteiger charge is -2.50. The fourth-order valence-corrected chi connectivity index (χ4v) is 5.48. The molecule has 0 saturated carbocycles. The summed E-state index contributed by atoms with van der Waals surface area (Å²) in [6.45, 7) is 4.63. The molecule has 2 amide bonds. The third kappa shape index (κ3) is 4.51. The maximum atomic E-state index is 13.0. The fraction of sp³-hybridized carbons (Fsp3) is 0.600. The van der Waals surface area contributed by atoms with Crippen molar-refractivity contribution in [3.63, 3.8) is 0 Å². The summed E-state index contributed by atoms with van der Waals surface area (Å²) in [5, 5.41) is 0. The number of benzene rings is 1. The molecule has 148 valence electrons. The van der Waals surface area contributed by atoms with Gasteiger partial charge in [-0.3, -0.25) is 9.59 Å². The van der Waals surface area contributed by atoms with Gasteiger partial charge in [0, 0.05) is 30.7 Å². The SMILES string of the molecule is CCCS(=O)(=O)CC(=O)N1CC2CCCC(C1)N2C(=O)c1ccc(C)cc1. The Hall–Kier alpha value is -1.89. The minimum Gasteiger partial charge on any atom is -0.338 e. The zero-order valence-electron chi connectivity index (χ0n) is 16.1. The summed E-state index contributed by atoms with van der Waals surface area (Å²) in [6, 6.07) is 7.49. The summed E-state index contributed by atoms with van der Waals surface area (Å²) < 4.78 is 24.0. The van der Waals surface area contributed by atoms with E-state index in [2.05, 4.69) is 0 Å². The highest BCUT2D eigenvalue weighted by Crippen LogP contribution is 2.30. The van der Waals surface area contributed by atoms with E-state index in [9.17, 15) is 18.0 Å². The molecule has 0 spiro atoms. The summed E-state index contributed by atoms with van der Waals surface area (Å²) >= 11 is 0. The van der Waals surface area contributed by atoms with Crippen LogP contribution in [0.25, 0.3) is 0 Å². The van der Waals surface area contributed by atoms with Gasteiger partial charge < -0.3 is 9.80 Å². The summed E-state index contributed by atoms with van der Waals surface area (Å²) in [5.74, 6) is -0.706. The van der Waals surface area contributed by atoms with E-state index in [-0.39, 0.29) is 29.7 Å². The van der Waals surface area contributed by atoms with Crippen LogP contribution in [0.2, 0.25) is 0 Å². The normalized spacial score (nSPS) is 22.6. The molecule has 0 N–H and O–H groups in total. The molecule has 2 atom stereocenters. The number of sulfone groups is 1. The highest BCUT2D eigenvalue weighted by atomic mass is 32.2. The van der Waals surface area contributed by atoms with Gasteiger partial charge >= 0.3 is 0 Å². The number of piperidine rings is 1. The molecule has 2 saturated heterocycles. The molecule has 1 aromatic carbocycles. The number of amides is 2. The van der Waals surface area contributed by atoms with E-state index in [1.54, 1.807) is 11.8 Å².